The van der Waals surface area contributed by atoms with Gasteiger partial charge in [0.2, 0.25) is 0 Å². The van der Waals surface area contributed by atoms with Crippen LogP contribution in [0.1, 0.15) is 60.9 Å². The highest BCUT2D eigenvalue weighted by Crippen LogP contribution is 2.30. The molecule has 0 saturated heterocycles. The van der Waals surface area contributed by atoms with Gasteiger partial charge in [-0.25, -0.2) is 4.79 Å². The van der Waals surface area contributed by atoms with Crippen molar-refractivity contribution in [2.45, 2.75) is 59.0 Å². The van der Waals surface area contributed by atoms with Crippen LogP contribution in [-0.2, 0) is 17.6 Å². The maximum atomic E-state index is 12.2. The molecule has 2 rings (SSSR count). The zero-order chi connectivity index (χ0) is 14.2. The van der Waals surface area contributed by atoms with E-state index < -0.39 is 5.60 Å². The first-order valence-electron chi connectivity index (χ1n) is 6.81. The van der Waals surface area contributed by atoms with Crippen LogP contribution in [0.5, 0.6) is 0 Å². The van der Waals surface area contributed by atoms with E-state index in [-0.39, 0.29) is 5.97 Å². The zero-order valence-corrected chi connectivity index (χ0v) is 12.2. The van der Waals surface area contributed by atoms with Gasteiger partial charge in [-0.3, -0.25) is 4.98 Å². The summed E-state index contributed by atoms with van der Waals surface area (Å²) in [5.74, 6) is -0.372. The summed E-state index contributed by atoms with van der Waals surface area (Å²) in [5.41, 5.74) is 9.43. The molecule has 0 saturated carbocycles. The Hall–Kier alpha value is -1.58. The number of hydrogen-bond acceptors (Lipinski definition) is 4. The summed E-state index contributed by atoms with van der Waals surface area (Å²) in [7, 11) is 0. The van der Waals surface area contributed by atoms with Gasteiger partial charge in [0, 0.05) is 5.69 Å². The number of rotatable bonds is 1. The van der Waals surface area contributed by atoms with Crippen LogP contribution in [0.2, 0.25) is 0 Å². The number of aromatic nitrogens is 1. The van der Waals surface area contributed by atoms with Crippen molar-refractivity contribution < 1.29 is 9.53 Å². The van der Waals surface area contributed by atoms with Crippen molar-refractivity contribution in [1.29, 1.82) is 0 Å². The fraction of sp³-hybridized carbons (Fsp3) is 0.600. The van der Waals surface area contributed by atoms with Gasteiger partial charge in [-0.2, -0.15) is 0 Å². The van der Waals surface area contributed by atoms with Crippen molar-refractivity contribution in [3.63, 3.8) is 0 Å². The average molecular weight is 262 g/mol. The van der Waals surface area contributed by atoms with E-state index in [0.29, 0.717) is 16.9 Å². The molecule has 1 aromatic heterocycles. The second kappa shape index (κ2) is 4.83. The first-order chi connectivity index (χ1) is 8.79. The summed E-state index contributed by atoms with van der Waals surface area (Å²) in [5, 5.41) is 0. The molecule has 0 amide bonds. The van der Waals surface area contributed by atoms with E-state index in [1.54, 1.807) is 0 Å². The Balaban J connectivity index is 2.43. The summed E-state index contributed by atoms with van der Waals surface area (Å²) >= 11 is 0. The molecule has 0 atom stereocenters. The number of nitrogens with zero attached hydrogens (tertiary/aromatic N) is 1. The minimum Gasteiger partial charge on any atom is -0.456 e. The number of fused-ring (bicyclic) bond motifs is 1. The van der Waals surface area contributed by atoms with Crippen LogP contribution >= 0.6 is 0 Å². The Kier molecular flexibility index (Phi) is 3.52. The van der Waals surface area contributed by atoms with Crippen LogP contribution in [-0.4, -0.2) is 16.6 Å². The quantitative estimate of drug-likeness (QED) is 0.790. The molecule has 1 aliphatic carbocycles. The number of carbonyl (C=O) groups excluding carboxylic acids is 1. The highest BCUT2D eigenvalue weighted by molar-refractivity contribution is 5.97. The molecule has 4 heteroatoms. The van der Waals surface area contributed by atoms with Crippen molar-refractivity contribution in [1.82, 2.24) is 4.98 Å². The highest BCUT2D eigenvalue weighted by atomic mass is 16.6. The van der Waals surface area contributed by atoms with Crippen molar-refractivity contribution >= 4 is 11.7 Å². The molecular weight excluding hydrogens is 240 g/mol. The Bertz CT molecular complexity index is 516. The van der Waals surface area contributed by atoms with Gasteiger partial charge in [-0.15, -0.1) is 0 Å². The van der Waals surface area contributed by atoms with E-state index in [1.165, 1.54) is 0 Å². The topological polar surface area (TPSA) is 65.2 Å². The third-order valence-electron chi connectivity index (χ3n) is 3.30. The van der Waals surface area contributed by atoms with Crippen LogP contribution in [0.3, 0.4) is 0 Å². The Morgan fingerprint density at radius 2 is 1.89 bits per heavy atom. The van der Waals surface area contributed by atoms with Crippen molar-refractivity contribution in [3.8, 4) is 0 Å². The number of anilines is 1. The van der Waals surface area contributed by atoms with Crippen LogP contribution in [0, 0.1) is 6.92 Å². The van der Waals surface area contributed by atoms with Gasteiger partial charge in [0.15, 0.2) is 0 Å². The van der Waals surface area contributed by atoms with Gasteiger partial charge < -0.3 is 10.5 Å². The summed E-state index contributed by atoms with van der Waals surface area (Å²) in [6.45, 7) is 7.37. The monoisotopic (exact) mass is 262 g/mol. The number of esters is 1. The summed E-state index contributed by atoms with van der Waals surface area (Å²) in [6, 6.07) is 0. The summed E-state index contributed by atoms with van der Waals surface area (Å²) in [6.07, 6.45) is 4.11. The summed E-state index contributed by atoms with van der Waals surface area (Å²) in [4.78, 5) is 16.8. The van der Waals surface area contributed by atoms with Crippen molar-refractivity contribution in [3.05, 3.63) is 22.5 Å². The van der Waals surface area contributed by atoms with Gasteiger partial charge in [-0.05, 0) is 58.9 Å². The molecule has 19 heavy (non-hydrogen) atoms. The number of pyridine rings is 1. The Morgan fingerprint density at radius 3 is 2.53 bits per heavy atom. The molecule has 0 spiro atoms. The minimum atomic E-state index is -0.522. The SMILES string of the molecule is Cc1nc2c(c(N)c1C(=O)OC(C)(C)C)CCCC2. The van der Waals surface area contributed by atoms with Crippen LogP contribution in [0.4, 0.5) is 5.69 Å². The number of carbonyl (C=O) groups is 1. The highest BCUT2D eigenvalue weighted by Gasteiger charge is 2.26. The number of ether oxygens (including phenoxy) is 1. The standard InChI is InChI=1S/C15H22N2O2/c1-9-12(14(18)19-15(2,3)4)13(16)10-7-5-6-8-11(10)17-9/h5-8H2,1-4H3,(H2,16,17). The largest absolute Gasteiger partial charge is 0.456 e. The Labute approximate surface area is 114 Å². The average Bonchev–Trinajstić information content (AvgIpc) is 2.26. The first-order valence-corrected chi connectivity index (χ1v) is 6.81. The second-order valence-electron chi connectivity index (χ2n) is 6.12. The maximum absolute atomic E-state index is 12.2. The fourth-order valence-corrected chi connectivity index (χ4v) is 2.49. The second-order valence-corrected chi connectivity index (χ2v) is 6.12. The molecule has 0 aromatic carbocycles. The molecule has 0 bridgehead atoms. The van der Waals surface area contributed by atoms with E-state index in [9.17, 15) is 4.79 Å². The molecule has 1 aliphatic rings. The van der Waals surface area contributed by atoms with Crippen molar-refractivity contribution in [2.24, 2.45) is 0 Å². The maximum Gasteiger partial charge on any atom is 0.342 e. The van der Waals surface area contributed by atoms with E-state index in [1.807, 2.05) is 27.7 Å². The lowest BCUT2D eigenvalue weighted by Crippen LogP contribution is -2.26. The van der Waals surface area contributed by atoms with E-state index in [2.05, 4.69) is 4.98 Å². The molecule has 0 fully saturated rings. The van der Waals surface area contributed by atoms with Gasteiger partial charge in [0.05, 0.1) is 11.4 Å². The normalized spacial score (nSPS) is 14.9. The number of nitrogen functional groups attached to an aromatic ring is 1. The zero-order valence-electron chi connectivity index (χ0n) is 12.2. The molecule has 1 heterocycles. The lowest BCUT2D eigenvalue weighted by molar-refractivity contribution is 0.00694. The molecule has 0 unspecified atom stereocenters. The predicted molar refractivity (Wildman–Crippen MR) is 75.2 cm³/mol. The van der Waals surface area contributed by atoms with Gasteiger partial charge in [0.25, 0.3) is 0 Å². The molecule has 104 valence electrons. The lowest BCUT2D eigenvalue weighted by Gasteiger charge is -2.23. The Morgan fingerprint density at radius 1 is 1.26 bits per heavy atom. The smallest absolute Gasteiger partial charge is 0.342 e. The van der Waals surface area contributed by atoms with E-state index >= 15 is 0 Å². The van der Waals surface area contributed by atoms with Gasteiger partial charge in [-0.1, -0.05) is 0 Å². The summed E-state index contributed by atoms with van der Waals surface area (Å²) < 4.78 is 5.42. The molecule has 0 radical (unpaired) electrons. The van der Waals surface area contributed by atoms with Crippen LogP contribution < -0.4 is 5.73 Å². The van der Waals surface area contributed by atoms with Crippen LogP contribution in [0.15, 0.2) is 0 Å². The van der Waals surface area contributed by atoms with E-state index in [0.717, 1.165) is 36.9 Å². The molecule has 0 aliphatic heterocycles. The number of nitrogens with two attached hydrogens (primary N) is 1. The van der Waals surface area contributed by atoms with E-state index in [4.69, 9.17) is 10.5 Å². The van der Waals surface area contributed by atoms with Gasteiger partial charge in [0.1, 0.15) is 11.2 Å². The third kappa shape index (κ3) is 2.88. The van der Waals surface area contributed by atoms with Gasteiger partial charge >= 0.3 is 5.97 Å². The third-order valence-corrected chi connectivity index (χ3v) is 3.30. The minimum absolute atomic E-state index is 0.372. The van der Waals surface area contributed by atoms with Crippen LogP contribution in [0.25, 0.3) is 0 Å². The molecule has 2 N–H and O–H groups in total. The fourth-order valence-electron chi connectivity index (χ4n) is 2.49. The number of aryl methyl sites for hydroxylation is 2. The molecule has 1 aromatic rings. The number of hydrogen-bond donors (Lipinski definition) is 1. The first kappa shape index (κ1) is 13.8. The molecule has 4 nitrogen and oxygen atoms in total. The predicted octanol–water partition coefficient (Wildman–Crippen LogP) is 2.81. The molecular formula is C15H22N2O2. The lowest BCUT2D eigenvalue weighted by atomic mass is 9.92. The van der Waals surface area contributed by atoms with Crippen molar-refractivity contribution in [2.75, 3.05) is 5.73 Å².